The number of aromatic nitrogens is 3. The maximum atomic E-state index is 14.5. The molecule has 0 saturated heterocycles. The SMILES string of the molecule is COc1cc(F)c(F)c2c1cc(C#N)n2CCN(C(=O)O)c1cc(Cl)ncn1. The van der Waals surface area contributed by atoms with E-state index in [1.165, 1.54) is 23.8 Å². The second-order valence-electron chi connectivity index (χ2n) is 5.56. The van der Waals surface area contributed by atoms with Gasteiger partial charge in [0.25, 0.3) is 0 Å². The number of halogens is 3. The van der Waals surface area contributed by atoms with Gasteiger partial charge in [0.15, 0.2) is 11.6 Å². The highest BCUT2D eigenvalue weighted by Gasteiger charge is 2.22. The van der Waals surface area contributed by atoms with Gasteiger partial charge in [-0.15, -0.1) is 0 Å². The standard InChI is InChI=1S/C17H12ClF2N5O3/c1-28-12-5-11(19)15(20)16-10(12)4-9(7-21)24(16)2-3-25(17(26)27)14-6-13(18)22-8-23-14/h4-6,8H,2-3H2,1H3,(H,26,27). The van der Waals surface area contributed by atoms with Gasteiger partial charge in [-0.2, -0.15) is 5.26 Å². The van der Waals surface area contributed by atoms with Crippen molar-refractivity contribution in [2.75, 3.05) is 18.6 Å². The number of fused-ring (bicyclic) bond motifs is 1. The average molecular weight is 408 g/mol. The van der Waals surface area contributed by atoms with Gasteiger partial charge in [-0.25, -0.2) is 23.5 Å². The van der Waals surface area contributed by atoms with Crippen LogP contribution in [0.4, 0.5) is 19.4 Å². The molecule has 0 atom stereocenters. The lowest BCUT2D eigenvalue weighted by Crippen LogP contribution is -2.33. The highest BCUT2D eigenvalue weighted by atomic mass is 35.5. The first-order valence-corrected chi connectivity index (χ1v) is 8.18. The summed E-state index contributed by atoms with van der Waals surface area (Å²) in [5.74, 6) is -2.25. The minimum absolute atomic E-state index is 0.00621. The number of carbonyl (C=O) groups is 1. The summed E-state index contributed by atoms with van der Waals surface area (Å²) < 4.78 is 34.6. The van der Waals surface area contributed by atoms with E-state index in [9.17, 15) is 23.9 Å². The van der Waals surface area contributed by atoms with Crippen LogP contribution in [0, 0.1) is 23.0 Å². The lowest BCUT2D eigenvalue weighted by atomic mass is 10.2. The molecular weight excluding hydrogens is 396 g/mol. The molecular formula is C17H12ClF2N5O3. The Hall–Kier alpha value is -3.45. The first-order chi connectivity index (χ1) is 13.4. The van der Waals surface area contributed by atoms with Crippen molar-refractivity contribution in [1.82, 2.24) is 14.5 Å². The molecule has 0 bridgehead atoms. The maximum Gasteiger partial charge on any atom is 0.413 e. The summed E-state index contributed by atoms with van der Waals surface area (Å²) in [4.78, 5) is 20.0. The number of hydrogen-bond donors (Lipinski definition) is 1. The van der Waals surface area contributed by atoms with Crippen LogP contribution in [0.2, 0.25) is 5.15 Å². The Bertz CT molecular complexity index is 1110. The minimum Gasteiger partial charge on any atom is -0.496 e. The van der Waals surface area contributed by atoms with Gasteiger partial charge < -0.3 is 14.4 Å². The fourth-order valence-corrected chi connectivity index (χ4v) is 2.96. The number of ether oxygens (including phenoxy) is 1. The van der Waals surface area contributed by atoms with Crippen molar-refractivity contribution in [3.63, 3.8) is 0 Å². The van der Waals surface area contributed by atoms with Crippen molar-refractivity contribution < 1.29 is 23.4 Å². The van der Waals surface area contributed by atoms with Crippen molar-refractivity contribution in [3.8, 4) is 11.8 Å². The van der Waals surface area contributed by atoms with E-state index < -0.39 is 17.7 Å². The third kappa shape index (κ3) is 3.39. The van der Waals surface area contributed by atoms with Gasteiger partial charge in [-0.3, -0.25) is 4.90 Å². The van der Waals surface area contributed by atoms with Gasteiger partial charge in [0.1, 0.15) is 34.8 Å². The normalized spacial score (nSPS) is 10.7. The first-order valence-electron chi connectivity index (χ1n) is 7.80. The second-order valence-corrected chi connectivity index (χ2v) is 5.95. The quantitative estimate of drug-likeness (QED) is 0.650. The summed E-state index contributed by atoms with van der Waals surface area (Å²) in [7, 11) is 1.29. The highest BCUT2D eigenvalue weighted by molar-refractivity contribution is 6.29. The molecule has 144 valence electrons. The number of amides is 1. The van der Waals surface area contributed by atoms with Crippen molar-refractivity contribution in [2.45, 2.75) is 6.54 Å². The average Bonchev–Trinajstić information content (AvgIpc) is 3.03. The van der Waals surface area contributed by atoms with Crippen molar-refractivity contribution in [3.05, 3.63) is 47.0 Å². The molecule has 1 N–H and O–H groups in total. The maximum absolute atomic E-state index is 14.5. The third-order valence-corrected chi connectivity index (χ3v) is 4.25. The predicted octanol–water partition coefficient (Wildman–Crippen LogP) is 3.43. The van der Waals surface area contributed by atoms with Crippen LogP contribution in [0.25, 0.3) is 10.9 Å². The van der Waals surface area contributed by atoms with Crippen molar-refractivity contribution >= 4 is 34.4 Å². The third-order valence-electron chi connectivity index (χ3n) is 4.05. The molecule has 0 fully saturated rings. The molecule has 0 spiro atoms. The molecule has 0 saturated carbocycles. The van der Waals surface area contributed by atoms with Crippen LogP contribution in [0.5, 0.6) is 5.75 Å². The molecule has 8 nitrogen and oxygen atoms in total. The minimum atomic E-state index is -1.34. The number of methoxy groups -OCH3 is 1. The van der Waals surface area contributed by atoms with E-state index >= 15 is 0 Å². The van der Waals surface area contributed by atoms with Gasteiger partial charge >= 0.3 is 6.09 Å². The summed E-state index contributed by atoms with van der Waals surface area (Å²) in [5.41, 5.74) is -0.177. The Morgan fingerprint density at radius 1 is 1.39 bits per heavy atom. The molecule has 1 amide bonds. The van der Waals surface area contributed by atoms with Gasteiger partial charge in [-0.05, 0) is 6.07 Å². The summed E-state index contributed by atoms with van der Waals surface area (Å²) in [6.07, 6.45) is -0.242. The summed E-state index contributed by atoms with van der Waals surface area (Å²) in [5, 5.41) is 19.1. The summed E-state index contributed by atoms with van der Waals surface area (Å²) in [6.45, 7) is -0.358. The second kappa shape index (κ2) is 7.66. The number of benzene rings is 1. The van der Waals surface area contributed by atoms with E-state index in [0.29, 0.717) is 0 Å². The monoisotopic (exact) mass is 407 g/mol. The number of anilines is 1. The van der Waals surface area contributed by atoms with Crippen molar-refractivity contribution in [2.24, 2.45) is 0 Å². The van der Waals surface area contributed by atoms with E-state index in [1.807, 2.05) is 6.07 Å². The van der Waals surface area contributed by atoms with Crippen LogP contribution in [0.15, 0.2) is 24.5 Å². The molecule has 0 radical (unpaired) electrons. The molecule has 2 aromatic heterocycles. The lowest BCUT2D eigenvalue weighted by molar-refractivity contribution is 0.201. The van der Waals surface area contributed by atoms with Gasteiger partial charge in [0.2, 0.25) is 0 Å². The fraction of sp³-hybridized carbons (Fsp3) is 0.176. The number of carboxylic acid groups (broad SMARTS) is 1. The van der Waals surface area contributed by atoms with Gasteiger partial charge in [-0.1, -0.05) is 11.6 Å². The van der Waals surface area contributed by atoms with E-state index in [1.54, 1.807) is 0 Å². The fourth-order valence-electron chi connectivity index (χ4n) is 2.82. The Kier molecular flexibility index (Phi) is 5.28. The van der Waals surface area contributed by atoms with E-state index in [-0.39, 0.29) is 46.4 Å². The molecule has 0 aliphatic carbocycles. The van der Waals surface area contributed by atoms with E-state index in [4.69, 9.17) is 16.3 Å². The van der Waals surface area contributed by atoms with Crippen LogP contribution in [0.1, 0.15) is 5.69 Å². The van der Waals surface area contributed by atoms with Crippen molar-refractivity contribution in [1.29, 1.82) is 5.26 Å². The number of rotatable bonds is 5. The molecule has 3 aromatic rings. The highest BCUT2D eigenvalue weighted by Crippen LogP contribution is 2.33. The first kappa shape index (κ1) is 19.3. The Labute approximate surface area is 162 Å². The van der Waals surface area contributed by atoms with Crippen LogP contribution in [-0.4, -0.2) is 39.4 Å². The van der Waals surface area contributed by atoms with Crippen LogP contribution >= 0.6 is 11.6 Å². The van der Waals surface area contributed by atoms with E-state index in [0.717, 1.165) is 17.3 Å². The number of nitrogens with zero attached hydrogens (tertiary/aromatic N) is 5. The Balaban J connectivity index is 2.05. The molecule has 11 heteroatoms. The smallest absolute Gasteiger partial charge is 0.413 e. The molecule has 0 unspecified atom stereocenters. The van der Waals surface area contributed by atoms with Gasteiger partial charge in [0, 0.05) is 30.6 Å². The zero-order valence-electron chi connectivity index (χ0n) is 14.4. The lowest BCUT2D eigenvalue weighted by Gasteiger charge is -2.19. The number of nitriles is 1. The number of hydrogen-bond acceptors (Lipinski definition) is 5. The molecule has 0 aliphatic heterocycles. The van der Waals surface area contributed by atoms with Crippen LogP contribution in [-0.2, 0) is 6.54 Å². The zero-order chi connectivity index (χ0) is 20.4. The van der Waals surface area contributed by atoms with Crippen LogP contribution in [0.3, 0.4) is 0 Å². The largest absolute Gasteiger partial charge is 0.496 e. The Morgan fingerprint density at radius 2 is 2.14 bits per heavy atom. The topological polar surface area (TPSA) is 104 Å². The molecule has 2 heterocycles. The molecule has 0 aliphatic rings. The molecule has 3 rings (SSSR count). The Morgan fingerprint density at radius 3 is 2.75 bits per heavy atom. The van der Waals surface area contributed by atoms with E-state index in [2.05, 4.69) is 9.97 Å². The predicted molar refractivity (Wildman–Crippen MR) is 95.5 cm³/mol. The molecule has 28 heavy (non-hydrogen) atoms. The molecule has 1 aromatic carbocycles. The zero-order valence-corrected chi connectivity index (χ0v) is 15.1. The summed E-state index contributed by atoms with van der Waals surface area (Å²) >= 11 is 5.77. The van der Waals surface area contributed by atoms with Crippen LogP contribution < -0.4 is 9.64 Å². The van der Waals surface area contributed by atoms with Gasteiger partial charge in [0.05, 0.1) is 12.6 Å². The summed E-state index contributed by atoms with van der Waals surface area (Å²) in [6, 6.07) is 5.37.